The molecule has 1 aromatic carbocycles. The van der Waals surface area contributed by atoms with E-state index in [2.05, 4.69) is 31.2 Å². The summed E-state index contributed by atoms with van der Waals surface area (Å²) in [6, 6.07) is 6.23. The average Bonchev–Trinajstić information content (AvgIpc) is 2.49. The number of carbonyl (C=O) groups is 1. The van der Waals surface area contributed by atoms with Gasteiger partial charge < -0.3 is 5.32 Å². The summed E-state index contributed by atoms with van der Waals surface area (Å²) >= 11 is 4.21. The number of halogens is 4. The lowest BCUT2D eigenvalue weighted by Gasteiger charge is -2.13. The quantitative estimate of drug-likeness (QED) is 0.576. The fourth-order valence-electron chi connectivity index (χ4n) is 1.72. The smallest absolute Gasteiger partial charge is 0.324 e. The first-order valence-corrected chi connectivity index (χ1v) is 8.48. The minimum absolute atomic E-state index is 0.101. The number of carbonyl (C=O) groups excluding carboxylic acids is 1. The number of anilines is 1. The van der Waals surface area contributed by atoms with E-state index < -0.39 is 17.1 Å². The molecule has 2 rings (SSSR count). The molecule has 9 heteroatoms. The summed E-state index contributed by atoms with van der Waals surface area (Å²) < 4.78 is 38.7. The number of alkyl halides is 3. The van der Waals surface area contributed by atoms with E-state index in [0.29, 0.717) is 5.69 Å². The van der Waals surface area contributed by atoms with Crippen molar-refractivity contribution in [1.82, 2.24) is 9.97 Å². The number of amides is 1. The molecule has 0 aliphatic carbocycles. The highest BCUT2D eigenvalue weighted by molar-refractivity contribution is 9.10. The third-order valence-corrected chi connectivity index (χ3v) is 4.59. The first-order valence-electron chi connectivity index (χ1n) is 6.80. The van der Waals surface area contributed by atoms with Crippen LogP contribution in [0, 0.1) is 6.92 Å². The van der Waals surface area contributed by atoms with Crippen molar-refractivity contribution in [3.8, 4) is 0 Å². The van der Waals surface area contributed by atoms with Crippen LogP contribution in [-0.4, -0.2) is 21.1 Å². The van der Waals surface area contributed by atoms with Crippen molar-refractivity contribution < 1.29 is 18.0 Å². The van der Waals surface area contributed by atoms with Gasteiger partial charge in [-0.15, -0.1) is 0 Å². The Morgan fingerprint density at radius 1 is 1.33 bits per heavy atom. The van der Waals surface area contributed by atoms with E-state index >= 15 is 0 Å². The van der Waals surface area contributed by atoms with Crippen LogP contribution in [0.3, 0.4) is 0 Å². The zero-order valence-corrected chi connectivity index (χ0v) is 15.1. The number of aromatic nitrogens is 2. The largest absolute Gasteiger partial charge is 0.433 e. The second-order valence-corrected chi connectivity index (χ2v) is 7.12. The molecule has 0 unspecified atom stereocenters. The predicted molar refractivity (Wildman–Crippen MR) is 89.9 cm³/mol. The van der Waals surface area contributed by atoms with Crippen molar-refractivity contribution in [2.75, 3.05) is 5.32 Å². The van der Waals surface area contributed by atoms with Gasteiger partial charge in [0, 0.05) is 10.7 Å². The maximum absolute atomic E-state index is 12.6. The van der Waals surface area contributed by atoms with E-state index in [0.717, 1.165) is 34.1 Å². The molecule has 0 spiro atoms. The molecule has 24 heavy (non-hydrogen) atoms. The summed E-state index contributed by atoms with van der Waals surface area (Å²) in [5, 5.41) is 1.95. The highest BCUT2D eigenvalue weighted by atomic mass is 79.9. The minimum atomic E-state index is -4.55. The summed E-state index contributed by atoms with van der Waals surface area (Å²) in [7, 11) is 0. The van der Waals surface area contributed by atoms with E-state index in [9.17, 15) is 18.0 Å². The van der Waals surface area contributed by atoms with Gasteiger partial charge in [0.05, 0.1) is 10.9 Å². The molecule has 1 amide bonds. The predicted octanol–water partition coefficient (Wildman–Crippen LogP) is 4.69. The standard InChI is InChI=1S/C15H13BrF3N3OS/c1-8-3-4-11(10(16)7-8)21-13(23)9(2)24-14-20-6-5-12(22-14)15(17,18)19/h3-7,9H,1-2H3,(H,21,23)/t9-/m0/s1. The van der Waals surface area contributed by atoms with Crippen LogP contribution in [0.2, 0.25) is 0 Å². The lowest BCUT2D eigenvalue weighted by atomic mass is 10.2. The number of rotatable bonds is 4. The molecule has 0 aliphatic rings. The average molecular weight is 420 g/mol. The van der Waals surface area contributed by atoms with Crippen LogP contribution in [0.4, 0.5) is 18.9 Å². The second-order valence-electron chi connectivity index (χ2n) is 4.95. The van der Waals surface area contributed by atoms with Crippen molar-refractivity contribution in [2.45, 2.75) is 30.4 Å². The normalized spacial score (nSPS) is 12.8. The number of hydrogen-bond donors (Lipinski definition) is 1. The minimum Gasteiger partial charge on any atom is -0.324 e. The molecular formula is C15H13BrF3N3OS. The fraction of sp³-hybridized carbons (Fsp3) is 0.267. The molecule has 0 bridgehead atoms. The number of thioether (sulfide) groups is 1. The highest BCUT2D eigenvalue weighted by Gasteiger charge is 2.33. The van der Waals surface area contributed by atoms with E-state index in [-0.39, 0.29) is 11.1 Å². The Morgan fingerprint density at radius 2 is 2.04 bits per heavy atom. The van der Waals surface area contributed by atoms with Crippen molar-refractivity contribution in [2.24, 2.45) is 0 Å². The second kappa shape index (κ2) is 7.52. The van der Waals surface area contributed by atoms with Crippen molar-refractivity contribution in [3.63, 3.8) is 0 Å². The van der Waals surface area contributed by atoms with Gasteiger partial charge in [-0.2, -0.15) is 13.2 Å². The number of hydrogen-bond acceptors (Lipinski definition) is 4. The molecule has 0 radical (unpaired) electrons. The van der Waals surface area contributed by atoms with Crippen LogP contribution in [0.5, 0.6) is 0 Å². The van der Waals surface area contributed by atoms with E-state index in [1.165, 1.54) is 0 Å². The van der Waals surface area contributed by atoms with E-state index in [1.54, 1.807) is 13.0 Å². The fourth-order valence-corrected chi connectivity index (χ4v) is 3.07. The lowest BCUT2D eigenvalue weighted by Crippen LogP contribution is -2.23. The third kappa shape index (κ3) is 4.94. The molecular weight excluding hydrogens is 407 g/mol. The van der Waals surface area contributed by atoms with Crippen LogP contribution >= 0.6 is 27.7 Å². The van der Waals surface area contributed by atoms with Gasteiger partial charge in [0.1, 0.15) is 5.69 Å². The number of nitrogens with zero attached hydrogens (tertiary/aromatic N) is 2. The van der Waals surface area contributed by atoms with E-state index in [1.807, 2.05) is 19.1 Å². The maximum atomic E-state index is 12.6. The Bertz CT molecular complexity index is 755. The first kappa shape index (κ1) is 18.7. The van der Waals surface area contributed by atoms with Crippen LogP contribution in [0.1, 0.15) is 18.2 Å². The van der Waals surface area contributed by atoms with Gasteiger partial charge >= 0.3 is 6.18 Å². The molecule has 0 fully saturated rings. The lowest BCUT2D eigenvalue weighted by molar-refractivity contribution is -0.141. The Kier molecular flexibility index (Phi) is 5.87. The molecule has 1 heterocycles. The molecule has 0 aliphatic heterocycles. The Morgan fingerprint density at radius 3 is 2.67 bits per heavy atom. The van der Waals surface area contributed by atoms with Crippen molar-refractivity contribution in [1.29, 1.82) is 0 Å². The van der Waals surface area contributed by atoms with Gasteiger partial charge in [0.25, 0.3) is 0 Å². The number of aryl methyl sites for hydroxylation is 1. The van der Waals surface area contributed by atoms with Crippen LogP contribution in [0.25, 0.3) is 0 Å². The molecule has 0 saturated carbocycles. The van der Waals surface area contributed by atoms with Gasteiger partial charge in [0.2, 0.25) is 5.91 Å². The summed E-state index contributed by atoms with van der Waals surface area (Å²) in [5.74, 6) is -0.356. The van der Waals surface area contributed by atoms with Gasteiger partial charge in [-0.25, -0.2) is 9.97 Å². The SMILES string of the molecule is Cc1ccc(NC(=O)[C@H](C)Sc2nccc(C(F)(F)F)n2)c(Br)c1. The summed E-state index contributed by atoms with van der Waals surface area (Å²) in [4.78, 5) is 19.4. The van der Waals surface area contributed by atoms with E-state index in [4.69, 9.17) is 0 Å². The first-order chi connectivity index (χ1) is 11.2. The van der Waals surface area contributed by atoms with Crippen LogP contribution < -0.4 is 5.32 Å². The third-order valence-electron chi connectivity index (χ3n) is 2.96. The molecule has 0 saturated heterocycles. The molecule has 4 nitrogen and oxygen atoms in total. The molecule has 1 aromatic heterocycles. The molecule has 1 N–H and O–H groups in total. The molecule has 2 aromatic rings. The summed E-state index contributed by atoms with van der Waals surface area (Å²) in [5.41, 5.74) is 0.580. The number of benzene rings is 1. The van der Waals surface area contributed by atoms with Gasteiger partial charge in [-0.05, 0) is 53.5 Å². The molecule has 128 valence electrons. The highest BCUT2D eigenvalue weighted by Crippen LogP contribution is 2.30. The van der Waals surface area contributed by atoms with Gasteiger partial charge in [-0.1, -0.05) is 17.8 Å². The summed E-state index contributed by atoms with van der Waals surface area (Å²) in [6.45, 7) is 3.49. The summed E-state index contributed by atoms with van der Waals surface area (Å²) in [6.07, 6.45) is -3.52. The zero-order chi connectivity index (χ0) is 17.9. The maximum Gasteiger partial charge on any atom is 0.433 e. The van der Waals surface area contributed by atoms with Crippen molar-refractivity contribution >= 4 is 39.3 Å². The zero-order valence-electron chi connectivity index (χ0n) is 12.7. The van der Waals surface area contributed by atoms with Gasteiger partial charge in [0.15, 0.2) is 5.16 Å². The van der Waals surface area contributed by atoms with Crippen LogP contribution in [0.15, 0.2) is 40.1 Å². The van der Waals surface area contributed by atoms with Crippen LogP contribution in [-0.2, 0) is 11.0 Å². The Hall–Kier alpha value is -1.61. The topological polar surface area (TPSA) is 54.9 Å². The Balaban J connectivity index is 2.06. The van der Waals surface area contributed by atoms with Crippen molar-refractivity contribution in [3.05, 3.63) is 46.2 Å². The Labute approximate surface area is 149 Å². The number of nitrogens with one attached hydrogen (secondary N) is 1. The molecule has 1 atom stereocenters. The monoisotopic (exact) mass is 419 g/mol. The van der Waals surface area contributed by atoms with Gasteiger partial charge in [-0.3, -0.25) is 4.79 Å².